The summed E-state index contributed by atoms with van der Waals surface area (Å²) in [5.41, 5.74) is 1.72. The second-order valence-corrected chi connectivity index (χ2v) is 8.04. The molecule has 2 saturated heterocycles. The molecule has 7 heteroatoms. The lowest BCUT2D eigenvalue weighted by Crippen LogP contribution is -2.67. The maximum atomic E-state index is 11.7. The third-order valence-corrected chi connectivity index (χ3v) is 6.78. The summed E-state index contributed by atoms with van der Waals surface area (Å²) in [5, 5.41) is 6.40. The van der Waals surface area contributed by atoms with Gasteiger partial charge in [0, 0.05) is 36.8 Å². The standard InChI is InChI=1S/C14H22N4OS2/c1-11(19)16-14(18-6-4-3-5-7-18)17-13(2,9-21-14)12-8-15-10-20-12/h8,10,17H,3-7,9H2,1-2H3,(H,16,19). The van der Waals surface area contributed by atoms with Gasteiger partial charge in [0.2, 0.25) is 5.91 Å². The molecule has 2 N–H and O–H groups in total. The molecule has 3 heterocycles. The van der Waals surface area contributed by atoms with Gasteiger partial charge in [-0.25, -0.2) is 0 Å². The van der Waals surface area contributed by atoms with E-state index >= 15 is 0 Å². The van der Waals surface area contributed by atoms with E-state index in [9.17, 15) is 4.79 Å². The first kappa shape index (κ1) is 15.3. The van der Waals surface area contributed by atoms with E-state index in [1.807, 2.05) is 11.7 Å². The van der Waals surface area contributed by atoms with Crippen LogP contribution in [0.2, 0.25) is 0 Å². The number of likely N-dealkylation sites (tertiary alicyclic amines) is 1. The Morgan fingerprint density at radius 2 is 2.19 bits per heavy atom. The van der Waals surface area contributed by atoms with Gasteiger partial charge in [0.15, 0.2) is 5.12 Å². The van der Waals surface area contributed by atoms with Crippen LogP contribution in [0, 0.1) is 0 Å². The second kappa shape index (κ2) is 5.87. The molecule has 2 aliphatic heterocycles. The number of hydrogen-bond donors (Lipinski definition) is 2. The summed E-state index contributed by atoms with van der Waals surface area (Å²) in [4.78, 5) is 19.6. The van der Waals surface area contributed by atoms with Crippen molar-refractivity contribution >= 4 is 29.0 Å². The van der Waals surface area contributed by atoms with Crippen LogP contribution in [-0.4, -0.2) is 39.8 Å². The minimum atomic E-state index is -0.481. The maximum Gasteiger partial charge on any atom is 0.219 e. The van der Waals surface area contributed by atoms with Crippen LogP contribution in [0.25, 0.3) is 0 Å². The van der Waals surface area contributed by atoms with Gasteiger partial charge in [0.05, 0.1) is 11.0 Å². The molecule has 2 fully saturated rings. The maximum absolute atomic E-state index is 11.7. The van der Waals surface area contributed by atoms with Crippen LogP contribution in [0.5, 0.6) is 0 Å². The fourth-order valence-electron chi connectivity index (χ4n) is 3.08. The van der Waals surface area contributed by atoms with Gasteiger partial charge in [-0.3, -0.25) is 20.0 Å². The van der Waals surface area contributed by atoms with Crippen molar-refractivity contribution in [2.45, 2.75) is 43.8 Å². The summed E-state index contributed by atoms with van der Waals surface area (Å²) >= 11 is 3.46. The normalized spacial score (nSPS) is 34.0. The number of nitrogens with one attached hydrogen (secondary N) is 2. The van der Waals surface area contributed by atoms with Crippen LogP contribution in [0.15, 0.2) is 11.7 Å². The van der Waals surface area contributed by atoms with Crippen molar-refractivity contribution in [2.75, 3.05) is 18.8 Å². The molecule has 2 atom stereocenters. The van der Waals surface area contributed by atoms with Gasteiger partial charge in [0.1, 0.15) is 0 Å². The van der Waals surface area contributed by atoms with E-state index in [0.717, 1.165) is 18.8 Å². The van der Waals surface area contributed by atoms with Gasteiger partial charge in [-0.15, -0.1) is 11.3 Å². The fraction of sp³-hybridized carbons (Fsp3) is 0.714. The minimum Gasteiger partial charge on any atom is -0.317 e. The topological polar surface area (TPSA) is 57.3 Å². The molecule has 5 nitrogen and oxygen atoms in total. The monoisotopic (exact) mass is 326 g/mol. The van der Waals surface area contributed by atoms with E-state index in [1.54, 1.807) is 30.0 Å². The molecule has 3 rings (SSSR count). The van der Waals surface area contributed by atoms with E-state index < -0.39 is 5.12 Å². The highest BCUT2D eigenvalue weighted by atomic mass is 32.2. The zero-order chi connectivity index (χ0) is 14.9. The molecule has 0 radical (unpaired) electrons. The Bertz CT molecular complexity index is 503. The first-order valence-corrected chi connectivity index (χ1v) is 9.27. The van der Waals surface area contributed by atoms with Crippen molar-refractivity contribution in [2.24, 2.45) is 0 Å². The molecule has 0 aromatic carbocycles. The van der Waals surface area contributed by atoms with Crippen LogP contribution in [-0.2, 0) is 10.3 Å². The highest BCUT2D eigenvalue weighted by Gasteiger charge is 2.51. The number of nitrogens with zero attached hydrogens (tertiary/aromatic N) is 2. The Balaban J connectivity index is 1.86. The zero-order valence-corrected chi connectivity index (χ0v) is 14.1. The number of rotatable bonds is 3. The number of piperidine rings is 1. The van der Waals surface area contributed by atoms with Crippen molar-refractivity contribution in [3.8, 4) is 0 Å². The van der Waals surface area contributed by atoms with Crippen molar-refractivity contribution in [1.82, 2.24) is 20.5 Å². The summed E-state index contributed by atoms with van der Waals surface area (Å²) in [5.74, 6) is 0.931. The van der Waals surface area contributed by atoms with E-state index in [4.69, 9.17) is 0 Å². The minimum absolute atomic E-state index is 0.00845. The third kappa shape index (κ3) is 2.97. The summed E-state index contributed by atoms with van der Waals surface area (Å²) < 4.78 is 0. The Labute approximate surface area is 133 Å². The van der Waals surface area contributed by atoms with E-state index in [2.05, 4.69) is 27.4 Å². The van der Waals surface area contributed by atoms with Crippen LogP contribution >= 0.6 is 23.1 Å². The molecule has 2 aliphatic rings. The number of thiazole rings is 1. The molecule has 2 unspecified atom stereocenters. The van der Waals surface area contributed by atoms with Gasteiger partial charge in [0.25, 0.3) is 0 Å². The Hall–Kier alpha value is -0.630. The largest absolute Gasteiger partial charge is 0.317 e. The van der Waals surface area contributed by atoms with Gasteiger partial charge in [-0.05, 0) is 19.8 Å². The number of amides is 1. The molecule has 0 bridgehead atoms. The molecular formula is C14H22N4OS2. The molecule has 21 heavy (non-hydrogen) atoms. The van der Waals surface area contributed by atoms with Crippen LogP contribution < -0.4 is 10.6 Å². The molecule has 0 saturated carbocycles. The average Bonchev–Trinajstić information content (AvgIpc) is 3.09. The Morgan fingerprint density at radius 1 is 1.43 bits per heavy atom. The lowest BCUT2D eigenvalue weighted by molar-refractivity contribution is -0.122. The van der Waals surface area contributed by atoms with Gasteiger partial charge >= 0.3 is 0 Å². The van der Waals surface area contributed by atoms with Crippen LogP contribution in [0.1, 0.15) is 38.0 Å². The smallest absolute Gasteiger partial charge is 0.219 e. The predicted molar refractivity (Wildman–Crippen MR) is 87.0 cm³/mol. The summed E-state index contributed by atoms with van der Waals surface area (Å²) in [7, 11) is 0. The molecular weight excluding hydrogens is 304 g/mol. The molecule has 1 amide bonds. The quantitative estimate of drug-likeness (QED) is 0.889. The first-order valence-electron chi connectivity index (χ1n) is 7.40. The van der Waals surface area contributed by atoms with Crippen molar-refractivity contribution in [3.63, 3.8) is 0 Å². The fourth-order valence-corrected chi connectivity index (χ4v) is 5.52. The Kier molecular flexibility index (Phi) is 4.27. The second-order valence-electron chi connectivity index (χ2n) is 5.98. The number of aromatic nitrogens is 1. The molecule has 1 aromatic heterocycles. The molecule has 0 aliphatic carbocycles. The third-order valence-electron chi connectivity index (χ3n) is 4.14. The molecule has 1 aromatic rings. The summed E-state index contributed by atoms with van der Waals surface area (Å²) in [6.07, 6.45) is 5.60. The highest BCUT2D eigenvalue weighted by Crippen LogP contribution is 2.43. The average molecular weight is 326 g/mol. The van der Waals surface area contributed by atoms with Crippen LogP contribution in [0.3, 0.4) is 0 Å². The van der Waals surface area contributed by atoms with Crippen molar-refractivity contribution in [3.05, 3.63) is 16.6 Å². The van der Waals surface area contributed by atoms with E-state index in [-0.39, 0.29) is 11.4 Å². The van der Waals surface area contributed by atoms with E-state index in [1.165, 1.54) is 24.1 Å². The molecule has 116 valence electrons. The highest BCUT2D eigenvalue weighted by molar-refractivity contribution is 8.00. The number of thioether (sulfide) groups is 1. The number of carbonyl (C=O) groups excluding carboxylic acids is 1. The zero-order valence-electron chi connectivity index (χ0n) is 12.5. The van der Waals surface area contributed by atoms with E-state index in [0.29, 0.717) is 0 Å². The summed E-state index contributed by atoms with van der Waals surface area (Å²) in [6.45, 7) is 5.84. The number of carbonyl (C=O) groups is 1. The summed E-state index contributed by atoms with van der Waals surface area (Å²) in [6, 6.07) is 0. The van der Waals surface area contributed by atoms with Gasteiger partial charge < -0.3 is 5.32 Å². The van der Waals surface area contributed by atoms with Gasteiger partial charge in [-0.1, -0.05) is 18.2 Å². The van der Waals surface area contributed by atoms with Crippen molar-refractivity contribution < 1.29 is 4.79 Å². The molecule has 0 spiro atoms. The first-order chi connectivity index (χ1) is 10.0. The lowest BCUT2D eigenvalue weighted by atomic mass is 10.0. The van der Waals surface area contributed by atoms with Crippen LogP contribution in [0.4, 0.5) is 0 Å². The Morgan fingerprint density at radius 3 is 2.81 bits per heavy atom. The predicted octanol–water partition coefficient (Wildman–Crippen LogP) is 1.93. The van der Waals surface area contributed by atoms with Crippen molar-refractivity contribution in [1.29, 1.82) is 0 Å². The SMILES string of the molecule is CC(=O)NC1(N2CCCCC2)NC(C)(c2cncs2)CS1. The lowest BCUT2D eigenvalue weighted by Gasteiger charge is -2.44. The number of hydrogen-bond acceptors (Lipinski definition) is 6. The van der Waals surface area contributed by atoms with Gasteiger partial charge in [-0.2, -0.15) is 0 Å².